The fraction of sp³-hybridized carbons (Fsp3) is 0.500. The molecule has 0 radical (unpaired) electrons. The SMILES string of the molecule is CCNc1nnc(-c2cccn(CC3CCCO3)c2=O)s1. The molecule has 2 aromatic heterocycles. The molecule has 21 heavy (non-hydrogen) atoms. The minimum Gasteiger partial charge on any atom is -0.376 e. The van der Waals surface area contributed by atoms with Crippen molar-refractivity contribution >= 4 is 16.5 Å². The van der Waals surface area contributed by atoms with Gasteiger partial charge in [-0.3, -0.25) is 4.79 Å². The van der Waals surface area contributed by atoms with Gasteiger partial charge in [-0.25, -0.2) is 0 Å². The van der Waals surface area contributed by atoms with E-state index in [2.05, 4.69) is 15.5 Å². The Morgan fingerprint density at radius 3 is 3.19 bits per heavy atom. The maximum Gasteiger partial charge on any atom is 0.261 e. The summed E-state index contributed by atoms with van der Waals surface area (Å²) in [7, 11) is 0. The molecule has 1 atom stereocenters. The highest BCUT2D eigenvalue weighted by molar-refractivity contribution is 7.18. The first-order valence-corrected chi connectivity index (χ1v) is 7.98. The summed E-state index contributed by atoms with van der Waals surface area (Å²) in [5.74, 6) is 0. The summed E-state index contributed by atoms with van der Waals surface area (Å²) in [6.45, 7) is 4.18. The zero-order chi connectivity index (χ0) is 14.7. The first-order chi connectivity index (χ1) is 10.3. The molecule has 1 aliphatic heterocycles. The highest BCUT2D eigenvalue weighted by Crippen LogP contribution is 2.23. The van der Waals surface area contributed by atoms with Gasteiger partial charge < -0.3 is 14.6 Å². The molecule has 3 rings (SSSR count). The van der Waals surface area contributed by atoms with Gasteiger partial charge in [0.25, 0.3) is 5.56 Å². The van der Waals surface area contributed by atoms with Crippen LogP contribution in [0.25, 0.3) is 10.6 Å². The number of hydrogen-bond acceptors (Lipinski definition) is 6. The smallest absolute Gasteiger partial charge is 0.261 e. The fourth-order valence-corrected chi connectivity index (χ4v) is 3.23. The molecule has 0 bridgehead atoms. The maximum absolute atomic E-state index is 12.6. The molecule has 0 aromatic carbocycles. The number of hydrogen-bond donors (Lipinski definition) is 1. The van der Waals surface area contributed by atoms with Gasteiger partial charge in [-0.2, -0.15) is 0 Å². The molecule has 0 saturated carbocycles. The molecule has 3 heterocycles. The number of rotatable bonds is 5. The largest absolute Gasteiger partial charge is 0.376 e. The molecule has 1 N–H and O–H groups in total. The second kappa shape index (κ2) is 6.36. The van der Waals surface area contributed by atoms with Crippen molar-refractivity contribution in [3.63, 3.8) is 0 Å². The van der Waals surface area contributed by atoms with Gasteiger partial charge in [0.05, 0.1) is 18.2 Å². The molecular formula is C14H18N4O2S. The summed E-state index contributed by atoms with van der Waals surface area (Å²) in [6, 6.07) is 3.67. The van der Waals surface area contributed by atoms with Crippen molar-refractivity contribution in [2.75, 3.05) is 18.5 Å². The highest BCUT2D eigenvalue weighted by atomic mass is 32.1. The Hall–Kier alpha value is -1.73. The molecule has 1 fully saturated rings. The second-order valence-corrected chi connectivity index (χ2v) is 5.93. The lowest BCUT2D eigenvalue weighted by Crippen LogP contribution is -2.26. The average molecular weight is 306 g/mol. The third-order valence-corrected chi connectivity index (χ3v) is 4.34. The Kier molecular flexibility index (Phi) is 4.31. The quantitative estimate of drug-likeness (QED) is 0.914. The van der Waals surface area contributed by atoms with Crippen LogP contribution >= 0.6 is 11.3 Å². The van der Waals surface area contributed by atoms with Crippen molar-refractivity contribution < 1.29 is 4.74 Å². The highest BCUT2D eigenvalue weighted by Gasteiger charge is 2.18. The molecule has 1 unspecified atom stereocenters. The van der Waals surface area contributed by atoms with E-state index < -0.39 is 0 Å². The van der Waals surface area contributed by atoms with E-state index in [9.17, 15) is 4.79 Å². The Morgan fingerprint density at radius 2 is 2.43 bits per heavy atom. The van der Waals surface area contributed by atoms with Crippen LogP contribution in [0.4, 0.5) is 5.13 Å². The van der Waals surface area contributed by atoms with E-state index in [1.54, 1.807) is 16.8 Å². The number of nitrogens with one attached hydrogen (secondary N) is 1. The molecule has 1 aliphatic rings. The number of ether oxygens (including phenoxy) is 1. The topological polar surface area (TPSA) is 69.0 Å². The zero-order valence-corrected chi connectivity index (χ0v) is 12.7. The summed E-state index contributed by atoms with van der Waals surface area (Å²) in [6.07, 6.45) is 4.03. The standard InChI is InChI=1S/C14H18N4O2S/c1-2-15-14-17-16-12(21-14)11-6-3-7-18(13(11)19)9-10-5-4-8-20-10/h3,6-7,10H,2,4-5,8-9H2,1H3,(H,15,17). The van der Waals surface area contributed by atoms with E-state index in [4.69, 9.17) is 4.74 Å². The Balaban J connectivity index is 1.86. The van der Waals surface area contributed by atoms with Crippen molar-refractivity contribution in [2.45, 2.75) is 32.4 Å². The van der Waals surface area contributed by atoms with E-state index in [1.165, 1.54) is 11.3 Å². The zero-order valence-electron chi connectivity index (χ0n) is 11.9. The third-order valence-electron chi connectivity index (χ3n) is 3.43. The van der Waals surface area contributed by atoms with Crippen molar-refractivity contribution in [2.24, 2.45) is 0 Å². The van der Waals surface area contributed by atoms with Gasteiger partial charge in [0, 0.05) is 19.3 Å². The predicted molar refractivity (Wildman–Crippen MR) is 82.7 cm³/mol. The van der Waals surface area contributed by atoms with Gasteiger partial charge in [0.1, 0.15) is 0 Å². The summed E-state index contributed by atoms with van der Waals surface area (Å²) in [4.78, 5) is 12.6. The summed E-state index contributed by atoms with van der Waals surface area (Å²) >= 11 is 1.40. The fourth-order valence-electron chi connectivity index (χ4n) is 2.41. The van der Waals surface area contributed by atoms with Gasteiger partial charge in [-0.15, -0.1) is 10.2 Å². The van der Waals surface area contributed by atoms with Crippen molar-refractivity contribution in [3.8, 4) is 10.6 Å². The van der Waals surface area contributed by atoms with E-state index in [-0.39, 0.29) is 11.7 Å². The molecule has 0 aliphatic carbocycles. The summed E-state index contributed by atoms with van der Waals surface area (Å²) in [5, 5.41) is 12.6. The van der Waals surface area contributed by atoms with Crippen LogP contribution in [-0.4, -0.2) is 34.0 Å². The molecule has 1 saturated heterocycles. The number of nitrogens with zero attached hydrogens (tertiary/aromatic N) is 3. The van der Waals surface area contributed by atoms with Gasteiger partial charge in [-0.1, -0.05) is 11.3 Å². The molecule has 0 amide bonds. The number of pyridine rings is 1. The molecule has 6 nitrogen and oxygen atoms in total. The minimum atomic E-state index is -0.0350. The third kappa shape index (κ3) is 3.14. The van der Waals surface area contributed by atoms with Crippen LogP contribution in [-0.2, 0) is 11.3 Å². The van der Waals surface area contributed by atoms with Crippen LogP contribution in [0.5, 0.6) is 0 Å². The normalized spacial score (nSPS) is 18.0. The van der Waals surface area contributed by atoms with E-state index >= 15 is 0 Å². The molecular weight excluding hydrogens is 288 g/mol. The molecule has 112 valence electrons. The summed E-state index contributed by atoms with van der Waals surface area (Å²) in [5.41, 5.74) is 0.560. The summed E-state index contributed by atoms with van der Waals surface area (Å²) < 4.78 is 7.31. The lowest BCUT2D eigenvalue weighted by Gasteiger charge is -2.12. The van der Waals surface area contributed by atoms with Crippen LogP contribution in [0, 0.1) is 0 Å². The van der Waals surface area contributed by atoms with Crippen LogP contribution in [0.1, 0.15) is 19.8 Å². The lowest BCUT2D eigenvalue weighted by atomic mass is 10.2. The van der Waals surface area contributed by atoms with Crippen molar-refractivity contribution in [1.82, 2.24) is 14.8 Å². The lowest BCUT2D eigenvalue weighted by molar-refractivity contribution is 0.0962. The van der Waals surface area contributed by atoms with Crippen molar-refractivity contribution in [3.05, 3.63) is 28.7 Å². The Bertz CT molecular complexity index is 661. The molecule has 2 aromatic rings. The second-order valence-electron chi connectivity index (χ2n) is 4.96. The van der Waals surface area contributed by atoms with Crippen LogP contribution in [0.3, 0.4) is 0 Å². The monoisotopic (exact) mass is 306 g/mol. The van der Waals surface area contributed by atoms with Gasteiger partial charge in [-0.05, 0) is 31.9 Å². The molecule has 0 spiro atoms. The van der Waals surface area contributed by atoms with Crippen LogP contribution in [0.15, 0.2) is 23.1 Å². The molecule has 7 heteroatoms. The van der Waals surface area contributed by atoms with Crippen molar-refractivity contribution in [1.29, 1.82) is 0 Å². The number of aromatic nitrogens is 3. The van der Waals surface area contributed by atoms with E-state index in [0.29, 0.717) is 17.1 Å². The van der Waals surface area contributed by atoms with Gasteiger partial charge in [0.2, 0.25) is 5.13 Å². The minimum absolute atomic E-state index is 0.0350. The number of anilines is 1. The van der Waals surface area contributed by atoms with Gasteiger partial charge >= 0.3 is 0 Å². The first-order valence-electron chi connectivity index (χ1n) is 7.16. The average Bonchev–Trinajstić information content (AvgIpc) is 3.13. The van der Waals surface area contributed by atoms with E-state index in [1.807, 2.05) is 13.0 Å². The van der Waals surface area contributed by atoms with Gasteiger partial charge in [0.15, 0.2) is 5.01 Å². The first kappa shape index (κ1) is 14.2. The predicted octanol–water partition coefficient (Wildman–Crippen LogP) is 1.98. The Morgan fingerprint density at radius 1 is 1.52 bits per heavy atom. The van der Waals surface area contributed by atoms with Crippen LogP contribution < -0.4 is 10.9 Å². The van der Waals surface area contributed by atoms with E-state index in [0.717, 1.165) is 31.1 Å². The maximum atomic E-state index is 12.6. The van der Waals surface area contributed by atoms with Crippen LogP contribution in [0.2, 0.25) is 0 Å². The Labute approximate surface area is 126 Å².